The van der Waals surface area contributed by atoms with Crippen molar-refractivity contribution in [2.24, 2.45) is 5.92 Å². The van der Waals surface area contributed by atoms with Gasteiger partial charge in [0.25, 0.3) is 0 Å². The minimum Gasteiger partial charge on any atom is -0.390 e. The van der Waals surface area contributed by atoms with Crippen LogP contribution in [0.5, 0.6) is 0 Å². The molecule has 1 aliphatic rings. The minimum absolute atomic E-state index is 0.248. The van der Waals surface area contributed by atoms with Crippen molar-refractivity contribution < 1.29 is 9.50 Å². The number of hydrogen-bond donors (Lipinski definition) is 2. The molecule has 0 aliphatic carbocycles. The Hall–Kier alpha value is -1.50. The van der Waals surface area contributed by atoms with Gasteiger partial charge in [0.1, 0.15) is 5.82 Å². The van der Waals surface area contributed by atoms with Crippen LogP contribution in [0.2, 0.25) is 0 Å². The van der Waals surface area contributed by atoms with Gasteiger partial charge in [0, 0.05) is 24.0 Å². The van der Waals surface area contributed by atoms with E-state index in [-0.39, 0.29) is 5.82 Å². The molecule has 1 aliphatic heterocycles. The zero-order valence-corrected chi connectivity index (χ0v) is 14.7. The maximum atomic E-state index is 13.0. The highest BCUT2D eigenvalue weighted by Crippen LogP contribution is 2.25. The molecule has 1 aromatic heterocycles. The second-order valence-electron chi connectivity index (χ2n) is 6.56. The fourth-order valence-corrected chi connectivity index (χ4v) is 3.65. The molecule has 130 valence electrons. The van der Waals surface area contributed by atoms with Crippen LogP contribution in [0.15, 0.2) is 29.6 Å². The average Bonchev–Trinajstić information content (AvgIpc) is 3.05. The van der Waals surface area contributed by atoms with Gasteiger partial charge in [-0.1, -0.05) is 6.92 Å². The molecular formula is C18H24FN3OS. The van der Waals surface area contributed by atoms with Crippen molar-refractivity contribution >= 4 is 16.5 Å². The Morgan fingerprint density at radius 3 is 2.75 bits per heavy atom. The van der Waals surface area contributed by atoms with Gasteiger partial charge < -0.3 is 15.3 Å². The quantitative estimate of drug-likeness (QED) is 0.839. The molecule has 1 aromatic carbocycles. The van der Waals surface area contributed by atoms with Crippen molar-refractivity contribution in [3.05, 3.63) is 35.5 Å². The first-order valence-electron chi connectivity index (χ1n) is 8.46. The van der Waals surface area contributed by atoms with Gasteiger partial charge in [-0.2, -0.15) is 0 Å². The first-order valence-corrected chi connectivity index (χ1v) is 9.34. The largest absolute Gasteiger partial charge is 0.390 e. The number of β-amino-alcohol motifs (C(OH)–C–C–N with tert-alkyl or cyclic N) is 1. The SMILES string of the molecule is CC1CCN(CC(O)CNc2nc(-c3ccc(F)cc3)cs2)CC1. The number of thiazole rings is 1. The number of likely N-dealkylation sites (tertiary alicyclic amines) is 1. The fraction of sp³-hybridized carbons (Fsp3) is 0.500. The van der Waals surface area contributed by atoms with Crippen LogP contribution in [-0.2, 0) is 0 Å². The third-order valence-corrected chi connectivity index (χ3v) is 5.28. The molecule has 3 rings (SSSR count). The fourth-order valence-electron chi connectivity index (χ4n) is 2.92. The Morgan fingerprint density at radius 2 is 2.04 bits per heavy atom. The van der Waals surface area contributed by atoms with Crippen LogP contribution in [-0.4, -0.2) is 47.3 Å². The van der Waals surface area contributed by atoms with Crippen molar-refractivity contribution in [3.8, 4) is 11.3 Å². The van der Waals surface area contributed by atoms with E-state index in [1.54, 1.807) is 12.1 Å². The van der Waals surface area contributed by atoms with Gasteiger partial charge in [-0.3, -0.25) is 0 Å². The molecule has 2 N–H and O–H groups in total. The molecule has 1 atom stereocenters. The first-order chi connectivity index (χ1) is 11.6. The number of benzene rings is 1. The minimum atomic E-state index is -0.406. The molecule has 0 radical (unpaired) electrons. The number of aliphatic hydroxyl groups excluding tert-OH is 1. The molecule has 1 unspecified atom stereocenters. The maximum absolute atomic E-state index is 13.0. The van der Waals surface area contributed by atoms with Crippen LogP contribution >= 0.6 is 11.3 Å². The lowest BCUT2D eigenvalue weighted by Gasteiger charge is -2.31. The predicted octanol–water partition coefficient (Wildman–Crippen LogP) is 3.45. The van der Waals surface area contributed by atoms with Crippen molar-refractivity contribution in [1.82, 2.24) is 9.88 Å². The highest BCUT2D eigenvalue weighted by atomic mass is 32.1. The number of aliphatic hydroxyl groups is 1. The molecule has 1 fully saturated rings. The van der Waals surface area contributed by atoms with E-state index in [2.05, 4.69) is 22.1 Å². The summed E-state index contributed by atoms with van der Waals surface area (Å²) in [6.07, 6.45) is 2.03. The van der Waals surface area contributed by atoms with Crippen molar-refractivity contribution in [3.63, 3.8) is 0 Å². The van der Waals surface area contributed by atoms with Crippen molar-refractivity contribution in [2.45, 2.75) is 25.9 Å². The standard InChI is InChI=1S/C18H24FN3OS/c1-13-6-8-22(9-7-13)11-16(23)10-20-18-21-17(12-24-18)14-2-4-15(19)5-3-14/h2-5,12-13,16,23H,6-11H2,1H3,(H,20,21). The van der Waals surface area contributed by atoms with Crippen LogP contribution in [0.1, 0.15) is 19.8 Å². The Bertz CT molecular complexity index is 638. The predicted molar refractivity (Wildman–Crippen MR) is 96.8 cm³/mol. The first kappa shape index (κ1) is 17.3. The third-order valence-electron chi connectivity index (χ3n) is 4.48. The number of rotatable bonds is 6. The summed E-state index contributed by atoms with van der Waals surface area (Å²) in [4.78, 5) is 6.83. The number of piperidine rings is 1. The second-order valence-corrected chi connectivity index (χ2v) is 7.42. The van der Waals surface area contributed by atoms with Crippen LogP contribution in [0.4, 0.5) is 9.52 Å². The van der Waals surface area contributed by atoms with E-state index in [0.29, 0.717) is 13.1 Å². The number of nitrogens with one attached hydrogen (secondary N) is 1. The topological polar surface area (TPSA) is 48.4 Å². The summed E-state index contributed by atoms with van der Waals surface area (Å²) in [5, 5.41) is 16.1. The van der Waals surface area contributed by atoms with E-state index in [1.807, 2.05) is 5.38 Å². The lowest BCUT2D eigenvalue weighted by Crippen LogP contribution is -2.40. The Morgan fingerprint density at radius 1 is 1.33 bits per heavy atom. The molecule has 2 heterocycles. The number of nitrogens with zero attached hydrogens (tertiary/aromatic N) is 2. The van der Waals surface area contributed by atoms with Crippen molar-refractivity contribution in [2.75, 3.05) is 31.5 Å². The molecule has 24 heavy (non-hydrogen) atoms. The van der Waals surface area contributed by atoms with Gasteiger partial charge >= 0.3 is 0 Å². The van der Waals surface area contributed by atoms with E-state index in [4.69, 9.17) is 0 Å². The van der Waals surface area contributed by atoms with Crippen molar-refractivity contribution in [1.29, 1.82) is 0 Å². The van der Waals surface area contributed by atoms with Gasteiger partial charge in [0.05, 0.1) is 11.8 Å². The van der Waals surface area contributed by atoms with Gasteiger partial charge in [0.2, 0.25) is 0 Å². The average molecular weight is 349 g/mol. The highest BCUT2D eigenvalue weighted by Gasteiger charge is 2.18. The summed E-state index contributed by atoms with van der Waals surface area (Å²) >= 11 is 1.50. The van der Waals surface area contributed by atoms with Gasteiger partial charge in [-0.05, 0) is 56.1 Å². The summed E-state index contributed by atoms with van der Waals surface area (Å²) < 4.78 is 13.0. The zero-order chi connectivity index (χ0) is 16.9. The molecule has 0 bridgehead atoms. The van der Waals surface area contributed by atoms with Gasteiger partial charge in [0.15, 0.2) is 5.13 Å². The lowest BCUT2D eigenvalue weighted by atomic mass is 9.99. The summed E-state index contributed by atoms with van der Waals surface area (Å²) in [5.74, 6) is 0.555. The van der Waals surface area contributed by atoms with E-state index in [1.165, 1.54) is 36.3 Å². The Labute approximate surface area is 146 Å². The van der Waals surface area contributed by atoms with Crippen LogP contribution < -0.4 is 5.32 Å². The number of anilines is 1. The molecule has 4 nitrogen and oxygen atoms in total. The van der Waals surface area contributed by atoms with Gasteiger partial charge in [-0.15, -0.1) is 11.3 Å². The third kappa shape index (κ3) is 4.75. The zero-order valence-electron chi connectivity index (χ0n) is 13.9. The normalized spacial score (nSPS) is 17.8. The van der Waals surface area contributed by atoms with E-state index in [9.17, 15) is 9.50 Å². The van der Waals surface area contributed by atoms with Crippen LogP contribution in [0.3, 0.4) is 0 Å². The van der Waals surface area contributed by atoms with Gasteiger partial charge in [-0.25, -0.2) is 9.37 Å². The number of halogens is 1. The van der Waals surface area contributed by atoms with Crippen LogP contribution in [0, 0.1) is 11.7 Å². The monoisotopic (exact) mass is 349 g/mol. The molecular weight excluding hydrogens is 325 g/mol. The summed E-state index contributed by atoms with van der Waals surface area (Å²) in [7, 11) is 0. The smallest absolute Gasteiger partial charge is 0.183 e. The summed E-state index contributed by atoms with van der Waals surface area (Å²) in [6, 6.07) is 6.32. The van der Waals surface area contributed by atoms with E-state index in [0.717, 1.165) is 35.4 Å². The summed E-state index contributed by atoms with van der Waals surface area (Å²) in [6.45, 7) is 5.63. The lowest BCUT2D eigenvalue weighted by molar-refractivity contribution is 0.0990. The molecule has 0 spiro atoms. The second kappa shape index (κ2) is 8.05. The highest BCUT2D eigenvalue weighted by molar-refractivity contribution is 7.14. The molecule has 1 saturated heterocycles. The van der Waals surface area contributed by atoms with E-state index >= 15 is 0 Å². The molecule has 2 aromatic rings. The van der Waals surface area contributed by atoms with Crippen LogP contribution in [0.25, 0.3) is 11.3 Å². The molecule has 6 heteroatoms. The Balaban J connectivity index is 1.47. The molecule has 0 saturated carbocycles. The number of hydrogen-bond acceptors (Lipinski definition) is 5. The summed E-state index contributed by atoms with van der Waals surface area (Å²) in [5.41, 5.74) is 1.71. The Kier molecular flexibility index (Phi) is 5.81. The maximum Gasteiger partial charge on any atom is 0.183 e. The van der Waals surface area contributed by atoms with E-state index < -0.39 is 6.10 Å². The molecule has 0 amide bonds. The number of aromatic nitrogens is 1.